The number of fused-ring (bicyclic) bond motifs is 5. The highest BCUT2D eigenvalue weighted by Crippen LogP contribution is 2.69. The lowest BCUT2D eigenvalue weighted by molar-refractivity contribution is -0.219. The summed E-state index contributed by atoms with van der Waals surface area (Å²) in [5.41, 5.74) is -0.0912. The lowest BCUT2D eigenvalue weighted by atomic mass is 9.43. The van der Waals surface area contributed by atoms with Gasteiger partial charge < -0.3 is 9.47 Å². The number of ether oxygens (including phenoxy) is 2. The largest absolute Gasteiger partial charge is 0.462 e. The Morgan fingerprint density at radius 3 is 2.31 bits per heavy atom. The Labute approximate surface area is 218 Å². The number of carbonyl (C=O) groups is 3. The summed E-state index contributed by atoms with van der Waals surface area (Å²) in [5, 5.41) is 0. The summed E-state index contributed by atoms with van der Waals surface area (Å²) in [5.74, 6) is 2.88. The quantitative estimate of drug-likeness (QED) is 0.360. The Morgan fingerprint density at radius 1 is 0.972 bits per heavy atom. The van der Waals surface area contributed by atoms with Gasteiger partial charge in [-0.25, -0.2) is 0 Å². The van der Waals surface area contributed by atoms with Crippen LogP contribution in [0.1, 0.15) is 113 Å². The zero-order chi connectivity index (χ0) is 26.4. The van der Waals surface area contributed by atoms with Gasteiger partial charge in [0.25, 0.3) is 0 Å². The molecule has 4 rings (SSSR count). The normalized spacial score (nSPS) is 42.8. The SMILES string of the molecule is CC(=O)O[C@H]1C[C@H]2[C@@H]([C@H](OC(C)=O)C[C@@H]3CC(=O)CC[C@@]32C)[C@@H]2CC[C@H]([C@H](C)CCCC(C)C)[C@@]12C. The molecule has 0 aromatic rings. The molecule has 0 aromatic carbocycles. The van der Waals surface area contributed by atoms with E-state index in [0.29, 0.717) is 42.3 Å². The molecule has 0 unspecified atom stereocenters. The second-order valence-corrected chi connectivity index (χ2v) is 13.8. The highest BCUT2D eigenvalue weighted by molar-refractivity contribution is 5.79. The van der Waals surface area contributed by atoms with Crippen LogP contribution in [0, 0.1) is 52.3 Å². The van der Waals surface area contributed by atoms with Gasteiger partial charge in [-0.2, -0.15) is 0 Å². The lowest BCUT2D eigenvalue weighted by Gasteiger charge is -2.63. The summed E-state index contributed by atoms with van der Waals surface area (Å²) in [4.78, 5) is 37.1. The van der Waals surface area contributed by atoms with Crippen LogP contribution in [0.5, 0.6) is 0 Å². The molecule has 204 valence electrons. The third-order valence-corrected chi connectivity index (χ3v) is 11.4. The van der Waals surface area contributed by atoms with Crippen molar-refractivity contribution >= 4 is 17.7 Å². The minimum absolute atomic E-state index is 0.0237. The van der Waals surface area contributed by atoms with Gasteiger partial charge in [-0.15, -0.1) is 0 Å². The van der Waals surface area contributed by atoms with Crippen LogP contribution in [0.2, 0.25) is 0 Å². The van der Waals surface area contributed by atoms with Crippen molar-refractivity contribution in [1.29, 1.82) is 0 Å². The van der Waals surface area contributed by atoms with Crippen molar-refractivity contribution in [3.8, 4) is 0 Å². The highest BCUT2D eigenvalue weighted by Gasteiger charge is 2.67. The third kappa shape index (κ3) is 4.89. The number of rotatable bonds is 7. The highest BCUT2D eigenvalue weighted by atomic mass is 16.5. The van der Waals surface area contributed by atoms with E-state index in [1.54, 1.807) is 6.92 Å². The van der Waals surface area contributed by atoms with E-state index in [1.165, 1.54) is 26.2 Å². The van der Waals surface area contributed by atoms with Crippen LogP contribution in [-0.4, -0.2) is 29.9 Å². The van der Waals surface area contributed by atoms with Crippen molar-refractivity contribution in [2.75, 3.05) is 0 Å². The molecular weight excluding hydrogens is 452 g/mol. The topological polar surface area (TPSA) is 69.7 Å². The summed E-state index contributed by atoms with van der Waals surface area (Å²) in [7, 11) is 0. The van der Waals surface area contributed by atoms with Crippen molar-refractivity contribution in [1.82, 2.24) is 0 Å². The first-order valence-electron chi connectivity index (χ1n) is 14.7. The van der Waals surface area contributed by atoms with E-state index in [-0.39, 0.29) is 46.8 Å². The fraction of sp³-hybridized carbons (Fsp3) is 0.903. The molecule has 0 radical (unpaired) electrons. The maximum absolute atomic E-state index is 12.5. The van der Waals surface area contributed by atoms with Crippen molar-refractivity contribution in [3.63, 3.8) is 0 Å². The molecule has 36 heavy (non-hydrogen) atoms. The molecule has 10 atom stereocenters. The molecule has 4 saturated carbocycles. The Bertz CT molecular complexity index is 850. The van der Waals surface area contributed by atoms with Gasteiger partial charge in [0.2, 0.25) is 0 Å². The lowest BCUT2D eigenvalue weighted by Crippen LogP contribution is -2.63. The molecule has 0 heterocycles. The molecule has 5 heteroatoms. The van der Waals surface area contributed by atoms with Crippen LogP contribution >= 0.6 is 0 Å². The first kappa shape index (κ1) is 27.6. The number of carbonyl (C=O) groups excluding carboxylic acids is 3. The van der Waals surface area contributed by atoms with Crippen molar-refractivity contribution < 1.29 is 23.9 Å². The molecule has 0 aromatic heterocycles. The van der Waals surface area contributed by atoms with Crippen molar-refractivity contribution in [2.45, 2.75) is 125 Å². The van der Waals surface area contributed by atoms with Gasteiger partial charge in [0.15, 0.2) is 0 Å². The number of Topliss-reactive ketones (excluding diaryl/α,β-unsaturated/α-hetero) is 1. The standard InChI is InChI=1S/C31H50O5/c1-18(2)9-8-10-19(3)24-11-12-25-29-26(17-28(31(24,25)7)36-21(5)33)30(6)14-13-23(34)15-22(30)16-27(29)35-20(4)32/h18-19,22,24-29H,8-17H2,1-7H3/t19-,22+,24-,25+,26+,27-,28+,29+,30+,31-/m1/s1. The Morgan fingerprint density at radius 2 is 1.67 bits per heavy atom. The molecular formula is C31H50O5. The molecule has 4 fully saturated rings. The zero-order valence-electron chi connectivity index (χ0n) is 23.8. The van der Waals surface area contributed by atoms with E-state index in [9.17, 15) is 14.4 Å². The van der Waals surface area contributed by atoms with Gasteiger partial charge in [-0.3, -0.25) is 14.4 Å². The molecule has 0 spiro atoms. The molecule has 0 saturated heterocycles. The number of ketones is 1. The molecule has 4 aliphatic rings. The van der Waals surface area contributed by atoms with Crippen LogP contribution in [-0.2, 0) is 23.9 Å². The predicted octanol–water partition coefficient (Wildman–Crippen LogP) is 6.76. The minimum atomic E-state index is -0.218. The maximum atomic E-state index is 12.5. The summed E-state index contributed by atoms with van der Waals surface area (Å²) >= 11 is 0. The van der Waals surface area contributed by atoms with Gasteiger partial charge in [-0.1, -0.05) is 53.9 Å². The van der Waals surface area contributed by atoms with Crippen molar-refractivity contribution in [3.05, 3.63) is 0 Å². The maximum Gasteiger partial charge on any atom is 0.302 e. The Kier molecular flexibility index (Phi) is 7.99. The Hall–Kier alpha value is -1.39. The van der Waals surface area contributed by atoms with Crippen molar-refractivity contribution in [2.24, 2.45) is 52.3 Å². The van der Waals surface area contributed by atoms with Crippen LogP contribution < -0.4 is 0 Å². The van der Waals surface area contributed by atoms with Gasteiger partial charge in [-0.05, 0) is 73.0 Å². The molecule has 5 nitrogen and oxygen atoms in total. The smallest absolute Gasteiger partial charge is 0.302 e. The van der Waals surface area contributed by atoms with E-state index < -0.39 is 0 Å². The summed E-state index contributed by atoms with van der Waals surface area (Å²) in [6.07, 6.45) is 9.44. The fourth-order valence-electron chi connectivity index (χ4n) is 9.65. The fourth-order valence-corrected chi connectivity index (χ4v) is 9.65. The Balaban J connectivity index is 1.70. The molecule has 0 amide bonds. The van der Waals surface area contributed by atoms with E-state index in [0.717, 1.165) is 38.0 Å². The summed E-state index contributed by atoms with van der Waals surface area (Å²) < 4.78 is 12.3. The number of esters is 2. The molecule has 0 bridgehead atoms. The van der Waals surface area contributed by atoms with Gasteiger partial charge >= 0.3 is 11.9 Å². The van der Waals surface area contributed by atoms with E-state index in [1.807, 2.05) is 0 Å². The second kappa shape index (κ2) is 10.4. The van der Waals surface area contributed by atoms with Crippen LogP contribution in [0.4, 0.5) is 0 Å². The minimum Gasteiger partial charge on any atom is -0.462 e. The number of hydrogen-bond acceptors (Lipinski definition) is 5. The van der Waals surface area contributed by atoms with Gasteiger partial charge in [0, 0.05) is 38.0 Å². The molecule has 4 aliphatic carbocycles. The predicted molar refractivity (Wildman–Crippen MR) is 140 cm³/mol. The summed E-state index contributed by atoms with van der Waals surface area (Å²) in [6.45, 7) is 14.8. The van der Waals surface area contributed by atoms with E-state index in [2.05, 4.69) is 34.6 Å². The van der Waals surface area contributed by atoms with Gasteiger partial charge in [0.1, 0.15) is 18.0 Å². The molecule has 0 aliphatic heterocycles. The van der Waals surface area contributed by atoms with E-state index in [4.69, 9.17) is 9.47 Å². The average Bonchev–Trinajstić information content (AvgIpc) is 3.12. The van der Waals surface area contributed by atoms with Crippen LogP contribution in [0.15, 0.2) is 0 Å². The average molecular weight is 503 g/mol. The molecule has 0 N–H and O–H groups in total. The van der Waals surface area contributed by atoms with Crippen LogP contribution in [0.25, 0.3) is 0 Å². The van der Waals surface area contributed by atoms with Gasteiger partial charge in [0.05, 0.1) is 0 Å². The monoisotopic (exact) mass is 502 g/mol. The van der Waals surface area contributed by atoms with Crippen LogP contribution in [0.3, 0.4) is 0 Å². The first-order chi connectivity index (χ1) is 16.9. The summed E-state index contributed by atoms with van der Waals surface area (Å²) in [6, 6.07) is 0. The first-order valence-corrected chi connectivity index (χ1v) is 14.7. The second-order valence-electron chi connectivity index (χ2n) is 13.8. The number of hydrogen-bond donors (Lipinski definition) is 0. The third-order valence-electron chi connectivity index (χ3n) is 11.4. The zero-order valence-corrected chi connectivity index (χ0v) is 23.8. The van der Waals surface area contributed by atoms with E-state index >= 15 is 0 Å².